The molecule has 0 radical (unpaired) electrons. The van der Waals surface area contributed by atoms with Gasteiger partial charge in [0.25, 0.3) is 10.0 Å². The van der Waals surface area contributed by atoms with Crippen molar-refractivity contribution in [1.29, 1.82) is 0 Å². The zero-order chi connectivity index (χ0) is 14.7. The number of H-pyrrole nitrogens is 1. The van der Waals surface area contributed by atoms with Crippen molar-refractivity contribution in [2.75, 3.05) is 22.7 Å². The van der Waals surface area contributed by atoms with Gasteiger partial charge in [-0.3, -0.25) is 4.72 Å². The number of hydrogen-bond donors (Lipinski definition) is 2. The van der Waals surface area contributed by atoms with E-state index in [0.29, 0.717) is 5.69 Å². The molecule has 6 nitrogen and oxygen atoms in total. The fourth-order valence-electron chi connectivity index (χ4n) is 2.56. The minimum atomic E-state index is -3.63. The summed E-state index contributed by atoms with van der Waals surface area (Å²) >= 11 is 0. The second-order valence-electron chi connectivity index (χ2n) is 5.09. The minimum absolute atomic E-state index is 0.0657. The Hall–Kier alpha value is -2.02. The van der Waals surface area contributed by atoms with Gasteiger partial charge in [0.2, 0.25) is 0 Å². The van der Waals surface area contributed by atoms with Gasteiger partial charge in [0.15, 0.2) is 5.03 Å². The zero-order valence-corrected chi connectivity index (χ0v) is 12.4. The lowest BCUT2D eigenvalue weighted by atomic mass is 10.1. The highest BCUT2D eigenvalue weighted by molar-refractivity contribution is 7.92. The largest absolute Gasteiger partial charge is 0.370 e. The summed E-state index contributed by atoms with van der Waals surface area (Å²) in [5.41, 5.74) is 1.54. The molecular formula is C14H18N4O2S. The lowest BCUT2D eigenvalue weighted by molar-refractivity contribution is 0.578. The van der Waals surface area contributed by atoms with E-state index in [-0.39, 0.29) is 5.03 Å². The first-order valence-electron chi connectivity index (χ1n) is 7.02. The number of piperidine rings is 1. The van der Waals surface area contributed by atoms with Crippen molar-refractivity contribution in [3.05, 3.63) is 36.8 Å². The molecule has 2 aromatic rings. The topological polar surface area (TPSA) is 78.1 Å². The van der Waals surface area contributed by atoms with Crippen LogP contribution in [-0.4, -0.2) is 31.5 Å². The summed E-state index contributed by atoms with van der Waals surface area (Å²) in [6, 6.07) is 7.50. The third-order valence-corrected chi connectivity index (χ3v) is 4.90. The van der Waals surface area contributed by atoms with Crippen LogP contribution in [0.3, 0.4) is 0 Å². The summed E-state index contributed by atoms with van der Waals surface area (Å²) < 4.78 is 27.2. The maximum Gasteiger partial charge on any atom is 0.279 e. The second kappa shape index (κ2) is 5.77. The second-order valence-corrected chi connectivity index (χ2v) is 6.74. The monoisotopic (exact) mass is 306 g/mol. The van der Waals surface area contributed by atoms with Crippen molar-refractivity contribution in [2.45, 2.75) is 24.3 Å². The SMILES string of the molecule is O=S(=O)(Nc1ccccc1N1CCCCC1)c1cnc[nH]1. The van der Waals surface area contributed by atoms with Crippen LogP contribution in [0.25, 0.3) is 0 Å². The van der Waals surface area contributed by atoms with Crippen LogP contribution in [-0.2, 0) is 10.0 Å². The maximum absolute atomic E-state index is 12.3. The van der Waals surface area contributed by atoms with Gasteiger partial charge in [-0.05, 0) is 31.4 Å². The van der Waals surface area contributed by atoms with E-state index >= 15 is 0 Å². The van der Waals surface area contributed by atoms with Gasteiger partial charge in [-0.2, -0.15) is 8.42 Å². The van der Waals surface area contributed by atoms with E-state index < -0.39 is 10.0 Å². The molecule has 1 aromatic heterocycles. The molecule has 3 rings (SSSR count). The normalized spacial score (nSPS) is 15.9. The lowest BCUT2D eigenvalue weighted by Gasteiger charge is -2.30. The molecule has 1 aliphatic rings. The summed E-state index contributed by atoms with van der Waals surface area (Å²) in [6.45, 7) is 1.92. The standard InChI is InChI=1S/C14H18N4O2S/c19-21(20,14-10-15-11-16-14)17-12-6-2-3-7-13(12)18-8-4-1-5-9-18/h2-3,6-7,10-11,17H,1,4-5,8-9H2,(H,15,16). The van der Waals surface area contributed by atoms with Crippen LogP contribution in [0.5, 0.6) is 0 Å². The number of anilines is 2. The first kappa shape index (κ1) is 13.9. The Bertz CT molecular complexity index is 692. The molecule has 0 saturated carbocycles. The number of imidazole rings is 1. The van der Waals surface area contributed by atoms with Crippen LogP contribution < -0.4 is 9.62 Å². The number of nitrogens with zero attached hydrogens (tertiary/aromatic N) is 2. The van der Waals surface area contributed by atoms with Gasteiger partial charge >= 0.3 is 0 Å². The fraction of sp³-hybridized carbons (Fsp3) is 0.357. The summed E-state index contributed by atoms with van der Waals surface area (Å²) in [6.07, 6.45) is 6.17. The molecule has 1 aromatic carbocycles. The van der Waals surface area contributed by atoms with E-state index in [9.17, 15) is 8.42 Å². The molecule has 1 aliphatic heterocycles. The third-order valence-electron chi connectivity index (χ3n) is 3.61. The summed E-state index contributed by atoms with van der Waals surface area (Å²) in [5, 5.41) is 0.0657. The Morgan fingerprint density at radius 3 is 2.62 bits per heavy atom. The molecule has 21 heavy (non-hydrogen) atoms. The number of para-hydroxylation sites is 2. The molecule has 0 amide bonds. The Morgan fingerprint density at radius 1 is 1.14 bits per heavy atom. The predicted octanol–water partition coefficient (Wildman–Crippen LogP) is 2.20. The maximum atomic E-state index is 12.3. The van der Waals surface area contributed by atoms with E-state index in [2.05, 4.69) is 19.6 Å². The molecule has 2 N–H and O–H groups in total. The number of benzene rings is 1. The Morgan fingerprint density at radius 2 is 1.90 bits per heavy atom. The van der Waals surface area contributed by atoms with Gasteiger partial charge in [-0.1, -0.05) is 12.1 Å². The smallest absolute Gasteiger partial charge is 0.279 e. The molecule has 0 unspecified atom stereocenters. The van der Waals surface area contributed by atoms with Crippen LogP contribution in [0.1, 0.15) is 19.3 Å². The highest BCUT2D eigenvalue weighted by Gasteiger charge is 2.20. The summed E-state index contributed by atoms with van der Waals surface area (Å²) in [4.78, 5) is 8.61. The molecule has 0 atom stereocenters. The molecule has 7 heteroatoms. The van der Waals surface area contributed by atoms with Gasteiger partial charge < -0.3 is 9.88 Å². The Labute approximate surface area is 124 Å². The molecule has 0 spiro atoms. The average Bonchev–Trinajstić information content (AvgIpc) is 3.03. The van der Waals surface area contributed by atoms with Gasteiger partial charge in [0.1, 0.15) is 0 Å². The lowest BCUT2D eigenvalue weighted by Crippen LogP contribution is -2.30. The van der Waals surface area contributed by atoms with Crippen LogP contribution in [0, 0.1) is 0 Å². The number of nitrogens with one attached hydrogen (secondary N) is 2. The van der Waals surface area contributed by atoms with Crippen molar-refractivity contribution >= 4 is 21.4 Å². The van der Waals surface area contributed by atoms with E-state index in [1.807, 2.05) is 18.2 Å². The predicted molar refractivity (Wildman–Crippen MR) is 81.9 cm³/mol. The van der Waals surface area contributed by atoms with Crippen LogP contribution in [0.4, 0.5) is 11.4 Å². The van der Waals surface area contributed by atoms with Crippen LogP contribution >= 0.6 is 0 Å². The van der Waals surface area contributed by atoms with Gasteiger partial charge in [-0.25, -0.2) is 4.98 Å². The van der Waals surface area contributed by atoms with Crippen molar-refractivity contribution < 1.29 is 8.42 Å². The van der Waals surface area contributed by atoms with Crippen molar-refractivity contribution in [1.82, 2.24) is 9.97 Å². The zero-order valence-electron chi connectivity index (χ0n) is 11.6. The van der Waals surface area contributed by atoms with Crippen LogP contribution in [0.15, 0.2) is 41.8 Å². The molecule has 1 saturated heterocycles. The van der Waals surface area contributed by atoms with Gasteiger partial charge in [-0.15, -0.1) is 0 Å². The van der Waals surface area contributed by atoms with E-state index in [0.717, 1.165) is 31.6 Å². The van der Waals surface area contributed by atoms with Gasteiger partial charge in [0.05, 0.1) is 23.9 Å². The molecular weight excluding hydrogens is 288 g/mol. The van der Waals surface area contributed by atoms with Crippen molar-refractivity contribution in [3.8, 4) is 0 Å². The summed E-state index contributed by atoms with van der Waals surface area (Å²) in [5.74, 6) is 0. The van der Waals surface area contributed by atoms with E-state index in [1.165, 1.54) is 18.9 Å². The van der Waals surface area contributed by atoms with Crippen molar-refractivity contribution in [3.63, 3.8) is 0 Å². The first-order valence-corrected chi connectivity index (χ1v) is 8.50. The van der Waals surface area contributed by atoms with E-state index in [4.69, 9.17) is 0 Å². The number of sulfonamides is 1. The minimum Gasteiger partial charge on any atom is -0.370 e. The highest BCUT2D eigenvalue weighted by Crippen LogP contribution is 2.29. The fourth-order valence-corrected chi connectivity index (χ4v) is 3.54. The number of rotatable bonds is 4. The van der Waals surface area contributed by atoms with Crippen LogP contribution in [0.2, 0.25) is 0 Å². The Balaban J connectivity index is 1.89. The highest BCUT2D eigenvalue weighted by atomic mass is 32.2. The number of hydrogen-bond acceptors (Lipinski definition) is 4. The van der Waals surface area contributed by atoms with Gasteiger partial charge in [0, 0.05) is 13.1 Å². The molecule has 0 bridgehead atoms. The molecule has 112 valence electrons. The molecule has 1 fully saturated rings. The summed E-state index contributed by atoms with van der Waals surface area (Å²) in [7, 11) is -3.63. The van der Waals surface area contributed by atoms with Crippen molar-refractivity contribution in [2.24, 2.45) is 0 Å². The number of aromatic nitrogens is 2. The number of aromatic amines is 1. The first-order chi connectivity index (χ1) is 10.2. The average molecular weight is 306 g/mol. The van der Waals surface area contributed by atoms with E-state index in [1.54, 1.807) is 6.07 Å². The Kier molecular flexibility index (Phi) is 3.83. The molecule has 2 heterocycles. The third kappa shape index (κ3) is 3.02. The molecule has 0 aliphatic carbocycles. The quantitative estimate of drug-likeness (QED) is 0.907.